The molecule has 23 heteroatoms. The van der Waals surface area contributed by atoms with Crippen molar-refractivity contribution in [1.29, 1.82) is 0 Å². The highest BCUT2D eigenvalue weighted by Gasteiger charge is 2.68. The fourth-order valence-corrected chi connectivity index (χ4v) is 15.3. The topological polar surface area (TPSA) is 355 Å². The van der Waals surface area contributed by atoms with Crippen LogP contribution in [0.3, 0.4) is 0 Å². The molecule has 9 rings (SSSR count). The minimum atomic E-state index is -1.88. The highest BCUT2D eigenvalue weighted by atomic mass is 16.8. The summed E-state index contributed by atoms with van der Waals surface area (Å²) in [6.45, 7) is 8.74. The summed E-state index contributed by atoms with van der Waals surface area (Å²) in [5.74, 6) is 0.765. The summed E-state index contributed by atoms with van der Waals surface area (Å²) in [7, 11) is 1.71. The maximum atomic E-state index is 11.6. The average Bonchev–Trinajstić information content (AvgIpc) is 3.92. The number of methoxy groups -OCH3 is 1. The number of ether oxygens (including phenoxy) is 10. The maximum absolute atomic E-state index is 11.6. The third-order valence-corrected chi connectivity index (χ3v) is 19.8. The number of allylic oxidation sites excluding steroid dienone is 1. The van der Waals surface area contributed by atoms with E-state index < -0.39 is 155 Å². The van der Waals surface area contributed by atoms with Gasteiger partial charge in [0.25, 0.3) is 0 Å². The van der Waals surface area contributed by atoms with Crippen molar-refractivity contribution in [3.63, 3.8) is 0 Å². The van der Waals surface area contributed by atoms with E-state index in [-0.39, 0.29) is 41.3 Å². The molecule has 0 radical (unpaired) electrons. The van der Waals surface area contributed by atoms with Crippen molar-refractivity contribution in [3.05, 3.63) is 11.6 Å². The quantitative estimate of drug-likeness (QED) is 0.0720. The van der Waals surface area contributed by atoms with Crippen molar-refractivity contribution in [3.8, 4) is 0 Å². The Morgan fingerprint density at radius 2 is 1.21 bits per heavy atom. The highest BCUT2D eigenvalue weighted by molar-refractivity contribution is 5.26. The third-order valence-electron chi connectivity index (χ3n) is 19.8. The molecule has 0 aromatic rings. The maximum Gasteiger partial charge on any atom is 0.187 e. The minimum absolute atomic E-state index is 0.00228. The summed E-state index contributed by atoms with van der Waals surface area (Å²) in [5.41, 5.74) is 1.11. The Balaban J connectivity index is 0.871. The Labute approximate surface area is 437 Å². The molecular formula is C52H86O23. The first-order valence-corrected chi connectivity index (χ1v) is 27.3. The Kier molecular flexibility index (Phi) is 17.9. The lowest BCUT2D eigenvalue weighted by molar-refractivity contribution is -0.394. The van der Waals surface area contributed by atoms with Gasteiger partial charge in [-0.25, -0.2) is 0 Å². The van der Waals surface area contributed by atoms with Crippen LogP contribution in [-0.2, 0) is 47.4 Å². The smallest absolute Gasteiger partial charge is 0.187 e. The van der Waals surface area contributed by atoms with Gasteiger partial charge in [-0.2, -0.15) is 0 Å². The number of aliphatic hydroxyl groups excluding tert-OH is 13. The van der Waals surface area contributed by atoms with Crippen LogP contribution in [-0.4, -0.2) is 241 Å². The molecule has 0 amide bonds. The van der Waals surface area contributed by atoms with Gasteiger partial charge in [0.1, 0.15) is 91.6 Å². The Morgan fingerprint density at radius 1 is 0.640 bits per heavy atom. The number of hydrogen-bond donors (Lipinski definition) is 13. The highest BCUT2D eigenvalue weighted by Crippen LogP contribution is 2.70. The van der Waals surface area contributed by atoms with Gasteiger partial charge < -0.3 is 114 Å². The van der Waals surface area contributed by atoms with Crippen LogP contribution < -0.4 is 0 Å². The molecule has 5 saturated heterocycles. The fourth-order valence-electron chi connectivity index (χ4n) is 15.3. The number of hydrogen-bond acceptors (Lipinski definition) is 23. The molecule has 9 aliphatic rings. The van der Waals surface area contributed by atoms with Gasteiger partial charge in [-0.3, -0.25) is 0 Å². The number of rotatable bonds is 16. The van der Waals surface area contributed by atoms with E-state index in [0.717, 1.165) is 32.1 Å². The van der Waals surface area contributed by atoms with Gasteiger partial charge >= 0.3 is 0 Å². The molecule has 5 aliphatic heterocycles. The van der Waals surface area contributed by atoms with Crippen LogP contribution in [0.1, 0.15) is 92.4 Å². The summed E-state index contributed by atoms with van der Waals surface area (Å²) in [6.07, 6.45) is -21.5. The van der Waals surface area contributed by atoms with E-state index in [9.17, 15) is 66.4 Å². The van der Waals surface area contributed by atoms with Crippen LogP contribution in [0.4, 0.5) is 0 Å². The Bertz CT molecular complexity index is 1930. The predicted octanol–water partition coefficient (Wildman–Crippen LogP) is -2.35. The zero-order valence-electron chi connectivity index (χ0n) is 43.8. The molecule has 0 bridgehead atoms. The molecule has 4 aliphatic carbocycles. The molecular weight excluding hydrogens is 993 g/mol. The fraction of sp³-hybridized carbons (Fsp3) is 0.962. The summed E-state index contributed by atoms with van der Waals surface area (Å²) in [4.78, 5) is 0. The van der Waals surface area contributed by atoms with Gasteiger partial charge in [0, 0.05) is 19.4 Å². The first-order valence-electron chi connectivity index (χ1n) is 27.3. The number of aliphatic hydroxyl groups is 13. The Morgan fingerprint density at radius 3 is 1.85 bits per heavy atom. The largest absolute Gasteiger partial charge is 0.394 e. The molecule has 23 nitrogen and oxygen atoms in total. The second kappa shape index (κ2) is 23.0. The van der Waals surface area contributed by atoms with E-state index in [1.807, 2.05) is 6.92 Å². The van der Waals surface area contributed by atoms with Crippen LogP contribution in [0.5, 0.6) is 0 Å². The van der Waals surface area contributed by atoms with Crippen molar-refractivity contribution < 1.29 is 114 Å². The van der Waals surface area contributed by atoms with Gasteiger partial charge in [0.05, 0.1) is 44.7 Å². The van der Waals surface area contributed by atoms with Gasteiger partial charge in [0.2, 0.25) is 0 Å². The normalized spacial score (nSPS) is 54.3. The lowest BCUT2D eigenvalue weighted by atomic mass is 9.47. The average molecular weight is 1080 g/mol. The second-order valence-corrected chi connectivity index (χ2v) is 24.0. The molecule has 31 atom stereocenters. The molecule has 75 heavy (non-hydrogen) atoms. The van der Waals surface area contributed by atoms with Gasteiger partial charge in [0.15, 0.2) is 30.9 Å². The lowest BCUT2D eigenvalue weighted by Crippen LogP contribution is -2.67. The predicted molar refractivity (Wildman–Crippen MR) is 255 cm³/mol. The summed E-state index contributed by atoms with van der Waals surface area (Å²) >= 11 is 0. The minimum Gasteiger partial charge on any atom is -0.394 e. The molecule has 13 N–H and O–H groups in total. The van der Waals surface area contributed by atoms with Gasteiger partial charge in [-0.15, -0.1) is 0 Å². The zero-order valence-corrected chi connectivity index (χ0v) is 43.8. The Hall–Kier alpha value is -1.18. The van der Waals surface area contributed by atoms with Crippen molar-refractivity contribution in [1.82, 2.24) is 0 Å². The van der Waals surface area contributed by atoms with E-state index in [1.165, 1.54) is 12.5 Å². The summed E-state index contributed by atoms with van der Waals surface area (Å²) < 4.78 is 61.6. The van der Waals surface area contributed by atoms with Gasteiger partial charge in [-0.1, -0.05) is 39.3 Å². The molecule has 21 unspecified atom stereocenters. The molecule has 0 spiro atoms. The van der Waals surface area contributed by atoms with Crippen LogP contribution in [0.25, 0.3) is 0 Å². The second-order valence-electron chi connectivity index (χ2n) is 24.0. The van der Waals surface area contributed by atoms with Crippen molar-refractivity contribution >= 4 is 0 Å². The van der Waals surface area contributed by atoms with Crippen LogP contribution in [0.2, 0.25) is 0 Å². The monoisotopic (exact) mass is 1080 g/mol. The van der Waals surface area contributed by atoms with Gasteiger partial charge in [-0.05, 0) is 98.7 Å². The SMILES string of the molecule is COC1(CC[C@@H](C)COC2OC(CO)C(O)C(O)C2O)O[C@H]2C[C@H]3[C@@H]4CC=C5C[C@@H](OC6OC(CO)C(O)C(OC7OC(CO)C(O)C(O)C7O)C6OC6OC(C)C(O)C(O)C6O)CC[C@]5(C)[C@H]4CC[C@]3(C)[C@H]2[C@@H]1C. The molecule has 3 saturated carbocycles. The van der Waals surface area contributed by atoms with Crippen molar-refractivity contribution in [2.75, 3.05) is 33.5 Å². The lowest BCUT2D eigenvalue weighted by Gasteiger charge is -2.58. The summed E-state index contributed by atoms with van der Waals surface area (Å²) in [5, 5.41) is 137. The first kappa shape index (κ1) is 58.5. The van der Waals surface area contributed by atoms with Crippen LogP contribution in [0.15, 0.2) is 11.6 Å². The summed E-state index contributed by atoms with van der Waals surface area (Å²) in [6, 6.07) is 0. The van der Waals surface area contributed by atoms with E-state index in [0.29, 0.717) is 43.4 Å². The molecule has 5 heterocycles. The standard InChI is InChI=1S/C52H86O23/c1-21(20-67-46-41(63)39(61)35(57)30(17-53)70-46)9-14-52(66-6)22(2)33-29(75-52)16-28-26-8-7-24-15-25(10-12-50(24,4)27(26)11-13-51(28,33)5)69-49-45(74-47-42(64)38(60)34(56)23(3)68-47)44(37(59)32(19-55)72-49)73-48-43(65)40(62)36(58)31(18-54)71-48/h7,21-23,25-49,53-65H,8-20H2,1-6H3/t21-,22+,23?,25+,26-,27+,28+,29+,30?,31?,32?,33+,34?,35?,36?,37?,38?,39?,40?,41?,42?,43?,44?,45?,46?,47?,48?,49?,50+,51+,52?/m1/s1. The van der Waals surface area contributed by atoms with Crippen molar-refractivity contribution in [2.45, 2.75) is 233 Å². The van der Waals surface area contributed by atoms with Crippen LogP contribution in [0, 0.1) is 46.3 Å². The van der Waals surface area contributed by atoms with E-state index >= 15 is 0 Å². The molecule has 0 aromatic heterocycles. The van der Waals surface area contributed by atoms with E-state index in [4.69, 9.17) is 47.4 Å². The molecule has 432 valence electrons. The van der Waals surface area contributed by atoms with E-state index in [2.05, 4.69) is 26.8 Å². The van der Waals surface area contributed by atoms with E-state index in [1.54, 1.807) is 7.11 Å². The zero-order chi connectivity index (χ0) is 54.2. The molecule has 0 aromatic carbocycles. The van der Waals surface area contributed by atoms with Crippen LogP contribution >= 0.6 is 0 Å². The number of fused-ring (bicyclic) bond motifs is 7. The first-order chi connectivity index (χ1) is 35.6. The third kappa shape index (κ3) is 10.5. The van der Waals surface area contributed by atoms with Crippen molar-refractivity contribution in [2.24, 2.45) is 46.3 Å². The molecule has 8 fully saturated rings.